The van der Waals surface area contributed by atoms with Crippen molar-refractivity contribution < 1.29 is 9.90 Å². The number of carbonyl (C=O) groups excluding carboxylic acids is 1. The van der Waals surface area contributed by atoms with Crippen LogP contribution in [0.25, 0.3) is 10.9 Å². The quantitative estimate of drug-likeness (QED) is 0.792. The molecule has 5 heteroatoms. The molecule has 0 unspecified atom stereocenters. The van der Waals surface area contributed by atoms with Gasteiger partial charge in [0.05, 0.1) is 12.0 Å². The molecule has 0 atom stereocenters. The molecule has 118 valence electrons. The number of aliphatic hydroxyl groups is 1. The van der Waals surface area contributed by atoms with Crippen molar-refractivity contribution in [3.8, 4) is 0 Å². The Morgan fingerprint density at radius 2 is 2.14 bits per heavy atom. The average Bonchev–Trinajstić information content (AvgIpc) is 3.06. The number of fused-ring (bicyclic) bond motifs is 1. The molecule has 0 bridgehead atoms. The topological polar surface area (TPSA) is 65.1 Å². The summed E-state index contributed by atoms with van der Waals surface area (Å²) in [4.78, 5) is 15.2. The highest BCUT2D eigenvalue weighted by atomic mass is 35.5. The van der Waals surface area contributed by atoms with E-state index in [0.717, 1.165) is 48.6 Å². The first-order valence-electron chi connectivity index (χ1n) is 7.80. The van der Waals surface area contributed by atoms with Gasteiger partial charge >= 0.3 is 0 Å². The second-order valence-corrected chi connectivity index (χ2v) is 6.65. The fourth-order valence-electron chi connectivity index (χ4n) is 3.27. The molecule has 1 aromatic carbocycles. The molecule has 3 N–H and O–H groups in total. The summed E-state index contributed by atoms with van der Waals surface area (Å²) in [7, 11) is 0. The maximum absolute atomic E-state index is 12.0. The summed E-state index contributed by atoms with van der Waals surface area (Å²) in [5.41, 5.74) is 1.40. The molecule has 22 heavy (non-hydrogen) atoms. The van der Waals surface area contributed by atoms with Gasteiger partial charge in [0.25, 0.3) is 0 Å². The van der Waals surface area contributed by atoms with E-state index in [2.05, 4.69) is 10.3 Å². The number of hydrogen-bond donors (Lipinski definition) is 3. The van der Waals surface area contributed by atoms with Crippen molar-refractivity contribution >= 4 is 28.4 Å². The van der Waals surface area contributed by atoms with Crippen LogP contribution in [0.3, 0.4) is 0 Å². The summed E-state index contributed by atoms with van der Waals surface area (Å²) >= 11 is 6.03. The fraction of sp³-hybridized carbons (Fsp3) is 0.471. The molecule has 1 aromatic heterocycles. The van der Waals surface area contributed by atoms with Crippen molar-refractivity contribution in [3.05, 3.63) is 35.0 Å². The Labute approximate surface area is 134 Å². The first-order valence-corrected chi connectivity index (χ1v) is 8.18. The average molecular weight is 321 g/mol. The van der Waals surface area contributed by atoms with Crippen LogP contribution in [0.5, 0.6) is 0 Å². The van der Waals surface area contributed by atoms with Crippen LogP contribution in [0.1, 0.15) is 37.7 Å². The third kappa shape index (κ3) is 3.45. The number of H-pyrrole nitrogens is 1. The molecule has 1 fully saturated rings. The molecule has 1 saturated carbocycles. The van der Waals surface area contributed by atoms with Gasteiger partial charge in [0, 0.05) is 28.7 Å². The highest BCUT2D eigenvalue weighted by molar-refractivity contribution is 6.31. The van der Waals surface area contributed by atoms with Crippen LogP contribution in [-0.4, -0.2) is 28.1 Å². The van der Waals surface area contributed by atoms with E-state index in [1.165, 1.54) is 0 Å². The molecule has 1 aliphatic rings. The Kier molecular flexibility index (Phi) is 4.41. The highest BCUT2D eigenvalue weighted by Gasteiger charge is 2.33. The largest absolute Gasteiger partial charge is 0.389 e. The molecule has 0 saturated heterocycles. The van der Waals surface area contributed by atoms with Gasteiger partial charge < -0.3 is 15.4 Å². The minimum Gasteiger partial charge on any atom is -0.389 e. The predicted octanol–water partition coefficient (Wildman–Crippen LogP) is 3.18. The molecule has 2 aromatic rings. The maximum Gasteiger partial charge on any atom is 0.222 e. The smallest absolute Gasteiger partial charge is 0.222 e. The van der Waals surface area contributed by atoms with E-state index in [0.29, 0.717) is 11.6 Å². The molecular formula is C17H21ClN2O2. The lowest BCUT2D eigenvalue weighted by atomic mass is 9.97. The number of rotatable bonds is 5. The Morgan fingerprint density at radius 3 is 2.91 bits per heavy atom. The van der Waals surface area contributed by atoms with Crippen LogP contribution in [0.15, 0.2) is 24.4 Å². The molecule has 3 rings (SSSR count). The third-order valence-corrected chi connectivity index (χ3v) is 4.70. The Balaban J connectivity index is 1.53. The molecule has 1 aliphatic carbocycles. The minimum absolute atomic E-state index is 0.0673. The molecule has 4 nitrogen and oxygen atoms in total. The maximum atomic E-state index is 12.0. The van der Waals surface area contributed by atoms with E-state index in [9.17, 15) is 9.90 Å². The Hall–Kier alpha value is -1.52. The van der Waals surface area contributed by atoms with Crippen LogP contribution < -0.4 is 5.32 Å². The zero-order chi connectivity index (χ0) is 15.6. The van der Waals surface area contributed by atoms with Crippen molar-refractivity contribution in [2.75, 3.05) is 6.54 Å². The number of carbonyl (C=O) groups is 1. The molecular weight excluding hydrogens is 300 g/mol. The Morgan fingerprint density at radius 1 is 1.36 bits per heavy atom. The third-order valence-electron chi connectivity index (χ3n) is 4.47. The lowest BCUT2D eigenvalue weighted by Crippen LogP contribution is -2.35. The van der Waals surface area contributed by atoms with Gasteiger partial charge in [0.15, 0.2) is 0 Å². The standard InChI is InChI=1S/C17H21ClN2O2/c18-13-3-4-15-14(9-13)12(11-20-15)5-8-19-16(21)10-17(22)6-1-2-7-17/h3-4,9,11,20,22H,1-2,5-8,10H2,(H,19,21). The van der Waals surface area contributed by atoms with Crippen molar-refractivity contribution in [2.45, 2.75) is 44.1 Å². The Bertz CT molecular complexity index is 674. The van der Waals surface area contributed by atoms with E-state index in [-0.39, 0.29) is 12.3 Å². The first kappa shape index (κ1) is 15.4. The summed E-state index contributed by atoms with van der Waals surface area (Å²) in [5.74, 6) is -0.0673. The SMILES string of the molecule is O=C(CC1(O)CCCC1)NCCc1c[nH]c2ccc(Cl)cc12. The van der Waals surface area contributed by atoms with Crippen LogP contribution in [0.4, 0.5) is 0 Å². The van der Waals surface area contributed by atoms with Gasteiger partial charge in [-0.05, 0) is 43.0 Å². The summed E-state index contributed by atoms with van der Waals surface area (Å²) in [6, 6.07) is 5.75. The van der Waals surface area contributed by atoms with Crippen molar-refractivity contribution in [3.63, 3.8) is 0 Å². The highest BCUT2D eigenvalue weighted by Crippen LogP contribution is 2.32. The monoisotopic (exact) mass is 320 g/mol. The van der Waals surface area contributed by atoms with E-state index in [1.54, 1.807) is 0 Å². The van der Waals surface area contributed by atoms with E-state index in [4.69, 9.17) is 11.6 Å². The minimum atomic E-state index is -0.779. The van der Waals surface area contributed by atoms with E-state index in [1.807, 2.05) is 24.4 Å². The zero-order valence-electron chi connectivity index (χ0n) is 12.5. The van der Waals surface area contributed by atoms with Gasteiger partial charge in [-0.25, -0.2) is 0 Å². The van der Waals surface area contributed by atoms with Gasteiger partial charge in [-0.15, -0.1) is 0 Å². The second kappa shape index (κ2) is 6.31. The zero-order valence-corrected chi connectivity index (χ0v) is 13.2. The summed E-state index contributed by atoms with van der Waals surface area (Å²) in [6.07, 6.45) is 6.41. The van der Waals surface area contributed by atoms with Crippen LogP contribution >= 0.6 is 11.6 Å². The van der Waals surface area contributed by atoms with Crippen LogP contribution in [0, 0.1) is 0 Å². The predicted molar refractivity (Wildman–Crippen MR) is 88.1 cm³/mol. The van der Waals surface area contributed by atoms with Gasteiger partial charge in [-0.3, -0.25) is 4.79 Å². The van der Waals surface area contributed by atoms with Crippen molar-refractivity contribution in [1.82, 2.24) is 10.3 Å². The summed E-state index contributed by atoms with van der Waals surface area (Å²) in [5, 5.41) is 14.9. The van der Waals surface area contributed by atoms with E-state index >= 15 is 0 Å². The summed E-state index contributed by atoms with van der Waals surface area (Å²) < 4.78 is 0. The number of benzene rings is 1. The normalized spacial score (nSPS) is 17.0. The summed E-state index contributed by atoms with van der Waals surface area (Å²) in [6.45, 7) is 0.564. The number of aromatic amines is 1. The molecule has 1 heterocycles. The van der Waals surface area contributed by atoms with Crippen LogP contribution in [0.2, 0.25) is 5.02 Å². The lowest BCUT2D eigenvalue weighted by Gasteiger charge is -2.21. The number of nitrogens with one attached hydrogen (secondary N) is 2. The van der Waals surface area contributed by atoms with Crippen LogP contribution in [-0.2, 0) is 11.2 Å². The van der Waals surface area contributed by atoms with Crippen molar-refractivity contribution in [1.29, 1.82) is 0 Å². The molecule has 0 spiro atoms. The number of hydrogen-bond acceptors (Lipinski definition) is 2. The first-order chi connectivity index (χ1) is 10.6. The molecule has 0 radical (unpaired) electrons. The van der Waals surface area contributed by atoms with Crippen molar-refractivity contribution in [2.24, 2.45) is 0 Å². The van der Waals surface area contributed by atoms with Gasteiger partial charge in [-0.2, -0.15) is 0 Å². The molecule has 0 aliphatic heterocycles. The van der Waals surface area contributed by atoms with Gasteiger partial charge in [-0.1, -0.05) is 24.4 Å². The number of halogens is 1. The van der Waals surface area contributed by atoms with Gasteiger partial charge in [0.1, 0.15) is 0 Å². The number of amides is 1. The molecule has 1 amide bonds. The van der Waals surface area contributed by atoms with Gasteiger partial charge in [0.2, 0.25) is 5.91 Å². The van der Waals surface area contributed by atoms with E-state index < -0.39 is 5.60 Å². The second-order valence-electron chi connectivity index (χ2n) is 6.21. The fourth-order valence-corrected chi connectivity index (χ4v) is 3.44. The lowest BCUT2D eigenvalue weighted by molar-refractivity contribution is -0.125. The number of aromatic nitrogens is 1.